The van der Waals surface area contributed by atoms with Gasteiger partial charge in [-0.15, -0.1) is 0 Å². The molecule has 0 radical (unpaired) electrons. The summed E-state index contributed by atoms with van der Waals surface area (Å²) in [6.45, 7) is 4.65. The first-order valence-electron chi connectivity index (χ1n) is 7.78. The molecule has 0 unspecified atom stereocenters. The van der Waals surface area contributed by atoms with Crippen LogP contribution < -0.4 is 18.9 Å². The van der Waals surface area contributed by atoms with E-state index in [9.17, 15) is 9.59 Å². The monoisotopic (exact) mass is 342 g/mol. The summed E-state index contributed by atoms with van der Waals surface area (Å²) in [6, 6.07) is 12.0. The van der Waals surface area contributed by atoms with E-state index in [1.165, 1.54) is 19.1 Å². The van der Waals surface area contributed by atoms with E-state index in [0.717, 1.165) is 0 Å². The third-order valence-electron chi connectivity index (χ3n) is 3.66. The van der Waals surface area contributed by atoms with Crippen molar-refractivity contribution in [3.8, 4) is 23.0 Å². The number of hydrogen-bond donors (Lipinski definition) is 0. The summed E-state index contributed by atoms with van der Waals surface area (Å²) in [7, 11) is 0. The van der Waals surface area contributed by atoms with Crippen LogP contribution in [-0.2, 0) is 4.79 Å². The van der Waals surface area contributed by atoms with Crippen molar-refractivity contribution in [3.05, 3.63) is 48.0 Å². The fourth-order valence-electron chi connectivity index (χ4n) is 2.33. The number of para-hydroxylation sites is 1. The van der Waals surface area contributed by atoms with Crippen molar-refractivity contribution in [3.63, 3.8) is 0 Å². The Kier molecular flexibility index (Phi) is 4.35. The van der Waals surface area contributed by atoms with Crippen LogP contribution in [0.1, 0.15) is 31.1 Å². The molecule has 0 bridgehead atoms. The molecule has 25 heavy (non-hydrogen) atoms. The summed E-state index contributed by atoms with van der Waals surface area (Å²) in [5.41, 5.74) is -1.00. The molecule has 0 fully saturated rings. The van der Waals surface area contributed by atoms with Gasteiger partial charge in [-0.3, -0.25) is 4.79 Å². The molecule has 2 aromatic carbocycles. The molecule has 0 N–H and O–H groups in total. The predicted molar refractivity (Wildman–Crippen MR) is 89.4 cm³/mol. The van der Waals surface area contributed by atoms with Crippen LogP contribution in [0, 0.1) is 0 Å². The van der Waals surface area contributed by atoms with Crippen LogP contribution in [0.4, 0.5) is 0 Å². The van der Waals surface area contributed by atoms with Gasteiger partial charge in [-0.1, -0.05) is 18.2 Å². The highest BCUT2D eigenvalue weighted by Gasteiger charge is 2.34. The minimum absolute atomic E-state index is 0.0622. The first-order valence-corrected chi connectivity index (χ1v) is 7.78. The van der Waals surface area contributed by atoms with Crippen molar-refractivity contribution in [1.29, 1.82) is 0 Å². The summed E-state index contributed by atoms with van der Waals surface area (Å²) in [4.78, 5) is 24.5. The molecule has 0 spiro atoms. The average Bonchev–Trinajstić information content (AvgIpc) is 3.01. The summed E-state index contributed by atoms with van der Waals surface area (Å²) in [6.07, 6.45) is 0. The van der Waals surface area contributed by atoms with Gasteiger partial charge in [0.1, 0.15) is 11.5 Å². The Balaban J connectivity index is 1.83. The van der Waals surface area contributed by atoms with E-state index in [2.05, 4.69) is 0 Å². The van der Waals surface area contributed by atoms with Crippen LogP contribution in [0.25, 0.3) is 0 Å². The van der Waals surface area contributed by atoms with Gasteiger partial charge in [-0.05, 0) is 39.0 Å². The molecular weight excluding hydrogens is 324 g/mol. The highest BCUT2D eigenvalue weighted by atomic mass is 16.7. The van der Waals surface area contributed by atoms with Gasteiger partial charge < -0.3 is 18.9 Å². The summed E-state index contributed by atoms with van der Waals surface area (Å²) in [5, 5.41) is 0. The van der Waals surface area contributed by atoms with Gasteiger partial charge in [0.25, 0.3) is 0 Å². The Labute approximate surface area is 145 Å². The number of fused-ring (bicyclic) bond motifs is 1. The van der Waals surface area contributed by atoms with Crippen LogP contribution in [0.2, 0.25) is 0 Å². The Morgan fingerprint density at radius 2 is 1.68 bits per heavy atom. The zero-order valence-electron chi connectivity index (χ0n) is 14.2. The predicted octanol–water partition coefficient (Wildman–Crippen LogP) is 3.38. The van der Waals surface area contributed by atoms with Gasteiger partial charge in [0, 0.05) is 6.07 Å². The minimum Gasteiger partial charge on any atom is -0.476 e. The van der Waals surface area contributed by atoms with Gasteiger partial charge in [0.2, 0.25) is 12.4 Å². The largest absolute Gasteiger partial charge is 0.476 e. The number of carbonyl (C=O) groups excluding carboxylic acids is 2. The minimum atomic E-state index is -1.24. The summed E-state index contributed by atoms with van der Waals surface area (Å²) >= 11 is 0. The van der Waals surface area contributed by atoms with Crippen LogP contribution in [-0.4, -0.2) is 24.1 Å². The summed E-state index contributed by atoms with van der Waals surface area (Å²) in [5.74, 6) is 0.661. The van der Waals surface area contributed by atoms with Gasteiger partial charge in [-0.25, -0.2) is 4.79 Å². The number of esters is 1. The lowest BCUT2D eigenvalue weighted by Crippen LogP contribution is -2.41. The Morgan fingerprint density at radius 1 is 1.04 bits per heavy atom. The SMILES string of the molecule is CC(=O)c1cc2c(cc1OC(=O)C(C)(C)Oc1ccccc1)OCO2. The molecule has 130 valence electrons. The molecule has 0 aliphatic carbocycles. The first-order chi connectivity index (χ1) is 11.9. The van der Waals surface area contributed by atoms with Crippen molar-refractivity contribution < 1.29 is 28.5 Å². The molecule has 6 nitrogen and oxygen atoms in total. The topological polar surface area (TPSA) is 71.1 Å². The molecule has 0 saturated carbocycles. The fraction of sp³-hybridized carbons (Fsp3) is 0.263. The number of ether oxygens (including phenoxy) is 4. The standard InChI is InChI=1S/C19H18O6/c1-12(20)14-9-16-17(23-11-22-16)10-15(14)24-18(21)19(2,3)25-13-7-5-4-6-8-13/h4-10H,11H2,1-3H3. The van der Waals surface area contributed by atoms with E-state index in [1.54, 1.807) is 26.0 Å². The fourth-order valence-corrected chi connectivity index (χ4v) is 2.33. The highest BCUT2D eigenvalue weighted by molar-refractivity contribution is 5.98. The van der Waals surface area contributed by atoms with E-state index in [-0.39, 0.29) is 23.9 Å². The van der Waals surface area contributed by atoms with E-state index < -0.39 is 11.6 Å². The van der Waals surface area contributed by atoms with Crippen LogP contribution in [0.5, 0.6) is 23.0 Å². The van der Waals surface area contributed by atoms with Gasteiger partial charge in [0.15, 0.2) is 17.3 Å². The third-order valence-corrected chi connectivity index (χ3v) is 3.66. The average molecular weight is 342 g/mol. The maximum absolute atomic E-state index is 12.6. The number of hydrogen-bond acceptors (Lipinski definition) is 6. The lowest BCUT2D eigenvalue weighted by molar-refractivity contribution is -0.149. The number of rotatable bonds is 5. The smallest absolute Gasteiger partial charge is 0.355 e. The quantitative estimate of drug-likeness (QED) is 0.471. The molecule has 3 rings (SSSR count). The molecular formula is C19H18O6. The Hall–Kier alpha value is -3.02. The number of Topliss-reactive ketones (excluding diaryl/α,β-unsaturated/α-hetero) is 1. The van der Waals surface area contributed by atoms with E-state index in [1.807, 2.05) is 18.2 Å². The Bertz CT molecular complexity index is 810. The zero-order valence-corrected chi connectivity index (χ0v) is 14.2. The molecule has 0 amide bonds. The van der Waals surface area contributed by atoms with Crippen molar-refractivity contribution in [2.24, 2.45) is 0 Å². The van der Waals surface area contributed by atoms with Gasteiger partial charge >= 0.3 is 5.97 Å². The van der Waals surface area contributed by atoms with Crippen LogP contribution in [0.15, 0.2) is 42.5 Å². The third kappa shape index (κ3) is 3.57. The molecule has 1 aliphatic rings. The maximum Gasteiger partial charge on any atom is 0.355 e. The second-order valence-electron chi connectivity index (χ2n) is 6.07. The lowest BCUT2D eigenvalue weighted by atomic mass is 10.1. The number of ketones is 1. The zero-order chi connectivity index (χ0) is 18.0. The molecule has 2 aromatic rings. The highest BCUT2D eigenvalue weighted by Crippen LogP contribution is 2.38. The van der Waals surface area contributed by atoms with E-state index in [0.29, 0.717) is 17.2 Å². The normalized spacial score (nSPS) is 12.6. The second kappa shape index (κ2) is 6.47. The molecule has 6 heteroatoms. The van der Waals surface area contributed by atoms with Gasteiger partial charge in [-0.2, -0.15) is 0 Å². The van der Waals surface area contributed by atoms with Crippen LogP contribution >= 0.6 is 0 Å². The van der Waals surface area contributed by atoms with Crippen molar-refractivity contribution in [2.75, 3.05) is 6.79 Å². The lowest BCUT2D eigenvalue weighted by Gasteiger charge is -2.24. The molecule has 1 aliphatic heterocycles. The van der Waals surface area contributed by atoms with Crippen molar-refractivity contribution in [2.45, 2.75) is 26.4 Å². The second-order valence-corrected chi connectivity index (χ2v) is 6.07. The van der Waals surface area contributed by atoms with Crippen LogP contribution in [0.3, 0.4) is 0 Å². The number of carbonyl (C=O) groups is 2. The maximum atomic E-state index is 12.6. The molecule has 1 heterocycles. The van der Waals surface area contributed by atoms with Gasteiger partial charge in [0.05, 0.1) is 5.56 Å². The molecule has 0 atom stereocenters. The first kappa shape index (κ1) is 16.8. The van der Waals surface area contributed by atoms with E-state index >= 15 is 0 Å². The van der Waals surface area contributed by atoms with Crippen molar-refractivity contribution in [1.82, 2.24) is 0 Å². The molecule has 0 aromatic heterocycles. The Morgan fingerprint density at radius 3 is 2.32 bits per heavy atom. The molecule has 0 saturated heterocycles. The number of benzene rings is 2. The van der Waals surface area contributed by atoms with E-state index in [4.69, 9.17) is 18.9 Å². The van der Waals surface area contributed by atoms with Crippen molar-refractivity contribution >= 4 is 11.8 Å². The summed E-state index contributed by atoms with van der Waals surface area (Å²) < 4.78 is 21.7.